The van der Waals surface area contributed by atoms with Crippen molar-refractivity contribution in [3.8, 4) is 0 Å². The van der Waals surface area contributed by atoms with Gasteiger partial charge in [0, 0.05) is 19.3 Å². The molecule has 0 bridgehead atoms. The molecule has 0 aliphatic carbocycles. The largest absolute Gasteiger partial charge is 0.462 e. The second-order valence-corrected chi connectivity index (χ2v) is 16.7. The van der Waals surface area contributed by atoms with Crippen molar-refractivity contribution in [1.82, 2.24) is 0 Å². The van der Waals surface area contributed by atoms with Crippen molar-refractivity contribution in [2.24, 2.45) is 0 Å². The van der Waals surface area contributed by atoms with Gasteiger partial charge in [0.1, 0.15) is 13.2 Å². The summed E-state index contributed by atoms with van der Waals surface area (Å²) in [5, 5.41) is 0. The third kappa shape index (κ3) is 43.4. The summed E-state index contributed by atoms with van der Waals surface area (Å²) < 4.78 is 16.7. The van der Waals surface area contributed by atoms with E-state index in [4.69, 9.17) is 14.2 Å². The molecule has 0 spiro atoms. The van der Waals surface area contributed by atoms with Crippen molar-refractivity contribution in [2.45, 2.75) is 284 Å². The molecule has 0 aromatic rings. The van der Waals surface area contributed by atoms with Gasteiger partial charge in [0.15, 0.2) is 6.10 Å². The minimum absolute atomic E-state index is 0.0628. The third-order valence-electron chi connectivity index (χ3n) is 11.1. The van der Waals surface area contributed by atoms with Crippen LogP contribution in [-0.2, 0) is 28.6 Å². The average Bonchev–Trinajstić information content (AvgIpc) is 3.18. The second kappa shape index (κ2) is 45.1. The molecule has 6 nitrogen and oxygen atoms in total. The maximum Gasteiger partial charge on any atom is 0.306 e. The molecule has 0 aliphatic rings. The Hall–Kier alpha value is -1.59. The van der Waals surface area contributed by atoms with E-state index in [2.05, 4.69) is 20.8 Å². The monoisotopic (exact) mass is 779 g/mol. The first kappa shape index (κ1) is 53.4. The van der Waals surface area contributed by atoms with E-state index < -0.39 is 6.10 Å². The minimum Gasteiger partial charge on any atom is -0.462 e. The quantitative estimate of drug-likeness (QED) is 0.0348. The number of unbranched alkanes of at least 4 members (excludes halogenated alkanes) is 34. The summed E-state index contributed by atoms with van der Waals surface area (Å²) in [6.45, 7) is 6.63. The van der Waals surface area contributed by atoms with Gasteiger partial charge in [-0.25, -0.2) is 0 Å². The van der Waals surface area contributed by atoms with E-state index in [0.29, 0.717) is 19.3 Å². The second-order valence-electron chi connectivity index (χ2n) is 16.7. The molecule has 0 heterocycles. The maximum absolute atomic E-state index is 12.7. The van der Waals surface area contributed by atoms with Crippen LogP contribution in [0.4, 0.5) is 0 Å². The van der Waals surface area contributed by atoms with Crippen LogP contribution >= 0.6 is 0 Å². The molecule has 0 aromatic carbocycles. The fraction of sp³-hybridized carbons (Fsp3) is 0.939. The number of carbonyl (C=O) groups is 3. The highest BCUT2D eigenvalue weighted by Crippen LogP contribution is 2.16. The number of hydrogen-bond donors (Lipinski definition) is 0. The zero-order valence-electron chi connectivity index (χ0n) is 37.2. The Morgan fingerprint density at radius 3 is 0.727 bits per heavy atom. The lowest BCUT2D eigenvalue weighted by molar-refractivity contribution is -0.167. The first-order valence-electron chi connectivity index (χ1n) is 24.5. The molecule has 0 amide bonds. The molecule has 0 aromatic heterocycles. The molecule has 326 valence electrons. The van der Waals surface area contributed by atoms with E-state index in [0.717, 1.165) is 57.8 Å². The van der Waals surface area contributed by atoms with E-state index in [1.54, 1.807) is 0 Å². The lowest BCUT2D eigenvalue weighted by Gasteiger charge is -2.18. The molecule has 55 heavy (non-hydrogen) atoms. The topological polar surface area (TPSA) is 78.9 Å². The van der Waals surface area contributed by atoms with Gasteiger partial charge in [-0.05, 0) is 19.3 Å². The van der Waals surface area contributed by atoms with E-state index in [-0.39, 0.29) is 31.1 Å². The molecule has 0 aliphatic heterocycles. The summed E-state index contributed by atoms with van der Waals surface area (Å²) in [5.74, 6) is -0.853. The van der Waals surface area contributed by atoms with Gasteiger partial charge in [-0.15, -0.1) is 0 Å². The van der Waals surface area contributed by atoms with Crippen LogP contribution in [0.1, 0.15) is 278 Å². The third-order valence-corrected chi connectivity index (χ3v) is 11.1. The summed E-state index contributed by atoms with van der Waals surface area (Å²) in [6, 6.07) is 0. The van der Waals surface area contributed by atoms with E-state index in [1.165, 1.54) is 180 Å². The Morgan fingerprint density at radius 1 is 0.291 bits per heavy atom. The number of rotatable bonds is 45. The summed E-state index contributed by atoms with van der Waals surface area (Å²) in [6.07, 6.45) is 46.7. The Morgan fingerprint density at radius 2 is 0.491 bits per heavy atom. The van der Waals surface area contributed by atoms with Crippen LogP contribution in [0.5, 0.6) is 0 Å². The van der Waals surface area contributed by atoms with Crippen LogP contribution in [0.25, 0.3) is 0 Å². The molecule has 0 N–H and O–H groups in total. The highest BCUT2D eigenvalue weighted by molar-refractivity contribution is 5.71. The zero-order chi connectivity index (χ0) is 40.1. The van der Waals surface area contributed by atoms with Crippen LogP contribution in [0.2, 0.25) is 0 Å². The Labute approximate surface area is 342 Å². The van der Waals surface area contributed by atoms with Crippen molar-refractivity contribution >= 4 is 17.9 Å². The van der Waals surface area contributed by atoms with Gasteiger partial charge in [0.2, 0.25) is 0 Å². The molecule has 0 unspecified atom stereocenters. The van der Waals surface area contributed by atoms with Gasteiger partial charge in [-0.1, -0.05) is 239 Å². The lowest BCUT2D eigenvalue weighted by atomic mass is 10.0. The molecule has 6 heteroatoms. The predicted octanol–water partition coefficient (Wildman–Crippen LogP) is 15.6. The minimum atomic E-state index is -0.757. The van der Waals surface area contributed by atoms with Crippen LogP contribution in [0.15, 0.2) is 0 Å². The molecule has 0 rings (SSSR count). The smallest absolute Gasteiger partial charge is 0.306 e. The standard InChI is InChI=1S/C49H94O6/c1-4-7-10-13-16-18-20-22-23-24-25-26-27-29-31-34-37-40-43-49(52)55-46(44-53-47(50)41-38-35-32-15-12-9-6-3)45-54-48(51)42-39-36-33-30-28-21-19-17-14-11-8-5-2/h46H,4-45H2,1-3H3/t46-/m1/s1. The van der Waals surface area contributed by atoms with Gasteiger partial charge in [-0.3, -0.25) is 14.4 Å². The normalized spacial score (nSPS) is 11.8. The maximum atomic E-state index is 12.7. The molecule has 1 atom stereocenters. The first-order valence-corrected chi connectivity index (χ1v) is 24.5. The van der Waals surface area contributed by atoms with E-state index in [9.17, 15) is 14.4 Å². The van der Waals surface area contributed by atoms with Crippen molar-refractivity contribution in [2.75, 3.05) is 13.2 Å². The highest BCUT2D eigenvalue weighted by Gasteiger charge is 2.19. The van der Waals surface area contributed by atoms with E-state index >= 15 is 0 Å². The zero-order valence-corrected chi connectivity index (χ0v) is 37.2. The molecular weight excluding hydrogens is 685 g/mol. The fourth-order valence-electron chi connectivity index (χ4n) is 7.38. The van der Waals surface area contributed by atoms with Crippen molar-refractivity contribution in [3.05, 3.63) is 0 Å². The summed E-state index contributed by atoms with van der Waals surface area (Å²) in [7, 11) is 0. The lowest BCUT2D eigenvalue weighted by Crippen LogP contribution is -2.30. The van der Waals surface area contributed by atoms with Crippen molar-refractivity contribution in [3.63, 3.8) is 0 Å². The first-order chi connectivity index (χ1) is 27.0. The number of hydrogen-bond acceptors (Lipinski definition) is 6. The number of carbonyl (C=O) groups excluding carboxylic acids is 3. The predicted molar refractivity (Wildman–Crippen MR) is 233 cm³/mol. The van der Waals surface area contributed by atoms with Crippen LogP contribution < -0.4 is 0 Å². The number of ether oxygens (including phenoxy) is 3. The molecular formula is C49H94O6. The summed E-state index contributed by atoms with van der Waals surface area (Å²) >= 11 is 0. The van der Waals surface area contributed by atoms with Crippen LogP contribution in [0.3, 0.4) is 0 Å². The van der Waals surface area contributed by atoms with Gasteiger partial charge >= 0.3 is 17.9 Å². The van der Waals surface area contributed by atoms with Crippen LogP contribution in [0, 0.1) is 0 Å². The molecule has 0 fully saturated rings. The highest BCUT2D eigenvalue weighted by atomic mass is 16.6. The Bertz CT molecular complexity index is 813. The summed E-state index contributed by atoms with van der Waals surface area (Å²) in [5.41, 5.74) is 0. The molecule has 0 saturated carbocycles. The molecule has 0 saturated heterocycles. The van der Waals surface area contributed by atoms with Crippen molar-refractivity contribution < 1.29 is 28.6 Å². The van der Waals surface area contributed by atoms with Gasteiger partial charge in [-0.2, -0.15) is 0 Å². The van der Waals surface area contributed by atoms with Crippen molar-refractivity contribution in [1.29, 1.82) is 0 Å². The fourth-order valence-corrected chi connectivity index (χ4v) is 7.38. The van der Waals surface area contributed by atoms with E-state index in [1.807, 2.05) is 0 Å². The summed E-state index contributed by atoms with van der Waals surface area (Å²) in [4.78, 5) is 37.7. The molecule has 0 radical (unpaired) electrons. The Kier molecular flexibility index (Phi) is 43.8. The number of esters is 3. The Balaban J connectivity index is 4.20. The van der Waals surface area contributed by atoms with Gasteiger partial charge < -0.3 is 14.2 Å². The average molecular weight is 779 g/mol. The van der Waals surface area contributed by atoms with Crippen LogP contribution in [-0.4, -0.2) is 37.2 Å². The SMILES string of the molecule is CCCCCCCCCCCCCCCCCCCCC(=O)O[C@H](COC(=O)CCCCCCCCC)COC(=O)CCCCCCCCCCCCCC. The van der Waals surface area contributed by atoms with Gasteiger partial charge in [0.25, 0.3) is 0 Å². The van der Waals surface area contributed by atoms with Gasteiger partial charge in [0.05, 0.1) is 0 Å².